The van der Waals surface area contributed by atoms with Crippen LogP contribution < -0.4 is 5.73 Å². The van der Waals surface area contributed by atoms with E-state index in [1.807, 2.05) is 29.0 Å². The van der Waals surface area contributed by atoms with E-state index < -0.39 is 0 Å². The highest BCUT2D eigenvalue weighted by Crippen LogP contribution is 2.33. The van der Waals surface area contributed by atoms with Crippen LogP contribution in [-0.2, 0) is 0 Å². The molecule has 0 amide bonds. The average molecular weight is 327 g/mol. The molecule has 0 unspecified atom stereocenters. The summed E-state index contributed by atoms with van der Waals surface area (Å²) >= 11 is 0. The van der Waals surface area contributed by atoms with Crippen molar-refractivity contribution in [3.8, 4) is 28.6 Å². The van der Waals surface area contributed by atoms with Crippen LogP contribution >= 0.6 is 0 Å². The fourth-order valence-corrected chi connectivity index (χ4v) is 2.87. The molecular weight excluding hydrogens is 314 g/mol. The number of nitrogens with zero attached hydrogens (tertiary/aromatic N) is 4. The number of nitriles is 1. The van der Waals surface area contributed by atoms with Crippen LogP contribution in [0.3, 0.4) is 0 Å². The third-order valence-electron chi connectivity index (χ3n) is 4.04. The molecule has 120 valence electrons. The van der Waals surface area contributed by atoms with Crippen LogP contribution in [0.1, 0.15) is 5.56 Å². The highest BCUT2D eigenvalue weighted by atomic mass is 16.3. The minimum Gasteiger partial charge on any atom is -0.508 e. The number of aromatic hydroxyl groups is 1. The van der Waals surface area contributed by atoms with Gasteiger partial charge in [0, 0.05) is 17.4 Å². The lowest BCUT2D eigenvalue weighted by atomic mass is 10.1. The molecular formula is C19H13N5O. The van der Waals surface area contributed by atoms with Gasteiger partial charge in [-0.15, -0.1) is 0 Å². The van der Waals surface area contributed by atoms with Crippen LogP contribution in [0.2, 0.25) is 0 Å². The van der Waals surface area contributed by atoms with Crippen LogP contribution in [0.25, 0.3) is 27.8 Å². The Hall–Kier alpha value is -3.85. The number of aromatic nitrogens is 3. The predicted molar refractivity (Wildman–Crippen MR) is 95.1 cm³/mol. The van der Waals surface area contributed by atoms with Crippen LogP contribution in [0.15, 0.2) is 61.1 Å². The van der Waals surface area contributed by atoms with Gasteiger partial charge in [-0.1, -0.05) is 12.1 Å². The fourth-order valence-electron chi connectivity index (χ4n) is 2.87. The summed E-state index contributed by atoms with van der Waals surface area (Å²) in [7, 11) is 0. The monoisotopic (exact) mass is 327 g/mol. The molecule has 2 aromatic carbocycles. The van der Waals surface area contributed by atoms with E-state index in [1.165, 1.54) is 6.33 Å². The lowest BCUT2D eigenvalue weighted by Crippen LogP contribution is -1.98. The molecule has 0 radical (unpaired) electrons. The lowest BCUT2D eigenvalue weighted by Gasteiger charge is -2.06. The van der Waals surface area contributed by atoms with Gasteiger partial charge in [-0.3, -0.25) is 0 Å². The summed E-state index contributed by atoms with van der Waals surface area (Å²) in [5, 5.41) is 18.7. The molecule has 2 aromatic heterocycles. The number of nitrogen functional groups attached to an aromatic ring is 1. The molecule has 0 aliphatic heterocycles. The van der Waals surface area contributed by atoms with E-state index in [0.29, 0.717) is 22.4 Å². The standard InChI is InChI=1S/C19H13N5O/c20-9-12-2-1-3-13(8-12)16-10-24(14-4-6-15(25)7-5-14)18-17(16)22-11-23-19(18)21/h1-8,10-11,25H,(H2,21,22,23). The number of hydrogen-bond donors (Lipinski definition) is 2. The fraction of sp³-hybridized carbons (Fsp3) is 0. The van der Waals surface area contributed by atoms with Gasteiger partial charge < -0.3 is 15.4 Å². The number of anilines is 1. The van der Waals surface area contributed by atoms with Gasteiger partial charge in [0.2, 0.25) is 0 Å². The SMILES string of the molecule is N#Cc1cccc(-c2cn(-c3ccc(O)cc3)c3c(N)ncnc23)c1. The van der Waals surface area contributed by atoms with E-state index in [-0.39, 0.29) is 5.75 Å². The Morgan fingerprint density at radius 2 is 1.88 bits per heavy atom. The van der Waals surface area contributed by atoms with Crippen molar-refractivity contribution < 1.29 is 5.11 Å². The number of phenolic OH excluding ortho intramolecular Hbond substituents is 1. The first kappa shape index (κ1) is 14.7. The van der Waals surface area contributed by atoms with Gasteiger partial charge in [-0.2, -0.15) is 5.26 Å². The summed E-state index contributed by atoms with van der Waals surface area (Å²) < 4.78 is 1.89. The number of phenols is 1. The van der Waals surface area contributed by atoms with Crippen molar-refractivity contribution in [2.45, 2.75) is 0 Å². The van der Waals surface area contributed by atoms with Gasteiger partial charge in [0.1, 0.15) is 23.1 Å². The van der Waals surface area contributed by atoms with Gasteiger partial charge in [0.05, 0.1) is 11.6 Å². The van der Waals surface area contributed by atoms with E-state index in [2.05, 4.69) is 16.0 Å². The minimum atomic E-state index is 0.186. The number of rotatable bonds is 2. The molecule has 3 N–H and O–H groups in total. The van der Waals surface area contributed by atoms with E-state index >= 15 is 0 Å². The van der Waals surface area contributed by atoms with E-state index in [4.69, 9.17) is 11.0 Å². The van der Waals surface area contributed by atoms with Gasteiger partial charge >= 0.3 is 0 Å². The summed E-state index contributed by atoms with van der Waals surface area (Å²) in [6.45, 7) is 0. The number of benzene rings is 2. The molecule has 4 aromatic rings. The third-order valence-corrected chi connectivity index (χ3v) is 4.04. The molecule has 0 aliphatic carbocycles. The maximum atomic E-state index is 9.52. The first-order chi connectivity index (χ1) is 12.2. The van der Waals surface area contributed by atoms with Crippen LogP contribution in [0.5, 0.6) is 5.75 Å². The molecule has 6 heteroatoms. The molecule has 0 bridgehead atoms. The zero-order valence-corrected chi connectivity index (χ0v) is 13.1. The largest absolute Gasteiger partial charge is 0.508 e. The summed E-state index contributed by atoms with van der Waals surface area (Å²) in [5.41, 5.74) is 10.6. The van der Waals surface area contributed by atoms with Gasteiger partial charge in [0.25, 0.3) is 0 Å². The third kappa shape index (κ3) is 2.44. The molecule has 0 aliphatic rings. The highest BCUT2D eigenvalue weighted by molar-refractivity contribution is 5.98. The zero-order chi connectivity index (χ0) is 17.4. The summed E-state index contributed by atoms with van der Waals surface area (Å²) in [5.74, 6) is 0.548. The minimum absolute atomic E-state index is 0.186. The van der Waals surface area contributed by atoms with Crippen molar-refractivity contribution in [1.82, 2.24) is 14.5 Å². The Labute approximate surface area is 143 Å². The Morgan fingerprint density at radius 3 is 2.64 bits per heavy atom. The van der Waals surface area contributed by atoms with Crippen molar-refractivity contribution in [3.63, 3.8) is 0 Å². The summed E-state index contributed by atoms with van der Waals surface area (Å²) in [6.07, 6.45) is 3.34. The second kappa shape index (κ2) is 5.65. The second-order valence-corrected chi connectivity index (χ2v) is 5.58. The second-order valence-electron chi connectivity index (χ2n) is 5.58. The quantitative estimate of drug-likeness (QED) is 0.588. The summed E-state index contributed by atoms with van der Waals surface area (Å²) in [4.78, 5) is 8.49. The molecule has 2 heterocycles. The molecule has 0 atom stereocenters. The van der Waals surface area contributed by atoms with Crippen LogP contribution in [0, 0.1) is 11.3 Å². The predicted octanol–water partition coefficient (Wildman–Crippen LogP) is 3.25. The summed E-state index contributed by atoms with van der Waals surface area (Å²) in [6, 6.07) is 16.3. The van der Waals surface area contributed by atoms with E-state index in [1.54, 1.807) is 30.3 Å². The average Bonchev–Trinajstić information content (AvgIpc) is 3.03. The molecule has 25 heavy (non-hydrogen) atoms. The van der Waals surface area contributed by atoms with Crippen molar-refractivity contribution in [2.24, 2.45) is 0 Å². The van der Waals surface area contributed by atoms with Gasteiger partial charge in [-0.05, 0) is 42.0 Å². The maximum Gasteiger partial charge on any atom is 0.151 e. The Morgan fingerprint density at radius 1 is 1.08 bits per heavy atom. The Kier molecular flexibility index (Phi) is 3.33. The molecule has 0 spiro atoms. The van der Waals surface area contributed by atoms with Gasteiger partial charge in [-0.25, -0.2) is 9.97 Å². The van der Waals surface area contributed by atoms with Crippen molar-refractivity contribution in [1.29, 1.82) is 5.26 Å². The smallest absolute Gasteiger partial charge is 0.151 e. The zero-order valence-electron chi connectivity index (χ0n) is 13.1. The van der Waals surface area contributed by atoms with E-state index in [0.717, 1.165) is 16.8 Å². The molecule has 0 saturated carbocycles. The first-order valence-electron chi connectivity index (χ1n) is 7.59. The Balaban J connectivity index is 2.02. The topological polar surface area (TPSA) is 101 Å². The Bertz CT molecular complexity index is 1120. The number of nitrogens with two attached hydrogens (primary N) is 1. The number of fused-ring (bicyclic) bond motifs is 1. The van der Waals surface area contributed by atoms with Crippen molar-refractivity contribution in [3.05, 3.63) is 66.6 Å². The van der Waals surface area contributed by atoms with Crippen molar-refractivity contribution in [2.75, 3.05) is 5.73 Å². The first-order valence-corrected chi connectivity index (χ1v) is 7.59. The molecule has 6 nitrogen and oxygen atoms in total. The van der Waals surface area contributed by atoms with Crippen molar-refractivity contribution >= 4 is 16.9 Å². The van der Waals surface area contributed by atoms with Crippen LogP contribution in [-0.4, -0.2) is 19.6 Å². The van der Waals surface area contributed by atoms with Crippen LogP contribution in [0.4, 0.5) is 5.82 Å². The highest BCUT2D eigenvalue weighted by Gasteiger charge is 2.16. The normalized spacial score (nSPS) is 10.7. The molecule has 4 rings (SSSR count). The van der Waals surface area contributed by atoms with E-state index in [9.17, 15) is 5.11 Å². The molecule has 0 saturated heterocycles. The number of hydrogen-bond acceptors (Lipinski definition) is 5. The maximum absolute atomic E-state index is 9.52. The van der Waals surface area contributed by atoms with Gasteiger partial charge in [0.15, 0.2) is 5.82 Å². The lowest BCUT2D eigenvalue weighted by molar-refractivity contribution is 0.475. The molecule has 0 fully saturated rings.